The van der Waals surface area contributed by atoms with Crippen molar-refractivity contribution in [3.63, 3.8) is 0 Å². The highest BCUT2D eigenvalue weighted by Gasteiger charge is 2.14. The van der Waals surface area contributed by atoms with Crippen LogP contribution in [0.5, 0.6) is 0 Å². The van der Waals surface area contributed by atoms with Crippen molar-refractivity contribution in [2.45, 2.75) is 34.1 Å². The maximum absolute atomic E-state index is 11.9. The largest absolute Gasteiger partial charge is 0.294 e. The van der Waals surface area contributed by atoms with Crippen molar-refractivity contribution in [3.8, 4) is 0 Å². The Morgan fingerprint density at radius 2 is 1.35 bits per heavy atom. The molecule has 0 radical (unpaired) electrons. The van der Waals surface area contributed by atoms with Crippen molar-refractivity contribution >= 4 is 11.6 Å². The van der Waals surface area contributed by atoms with Gasteiger partial charge in [0, 0.05) is 23.0 Å². The predicted octanol–water partition coefficient (Wildman–Crippen LogP) is 3.75. The molecule has 1 unspecified atom stereocenters. The molecule has 0 heterocycles. The number of carbonyl (C=O) groups excluding carboxylic acids is 2. The molecule has 0 saturated heterocycles. The summed E-state index contributed by atoms with van der Waals surface area (Å²) in [4.78, 5) is 23.6. The monoisotopic (exact) mass is 232 g/mol. The number of ketones is 2. The standard InChI is InChI=1S/C15H20O2/c1-5-11(4)15(17)13-8-6-12(7-9-13)14(16)10(2)3/h6-11H,5H2,1-4H3. The Morgan fingerprint density at radius 1 is 0.941 bits per heavy atom. The van der Waals surface area contributed by atoms with E-state index in [2.05, 4.69) is 0 Å². The summed E-state index contributed by atoms with van der Waals surface area (Å²) in [5.41, 5.74) is 1.38. The number of Topliss-reactive ketones (excluding diaryl/α,β-unsaturated/α-hetero) is 2. The molecular weight excluding hydrogens is 212 g/mol. The minimum atomic E-state index is -0.00823. The normalized spacial score (nSPS) is 12.5. The summed E-state index contributed by atoms with van der Waals surface area (Å²) in [5, 5.41) is 0. The van der Waals surface area contributed by atoms with Gasteiger partial charge in [0.05, 0.1) is 0 Å². The van der Waals surface area contributed by atoms with Crippen LogP contribution in [-0.2, 0) is 0 Å². The second-order valence-corrected chi connectivity index (χ2v) is 4.77. The highest BCUT2D eigenvalue weighted by Crippen LogP contribution is 2.14. The molecule has 1 atom stereocenters. The molecule has 0 aliphatic heterocycles. The van der Waals surface area contributed by atoms with E-state index in [1.54, 1.807) is 24.3 Å². The summed E-state index contributed by atoms with van der Waals surface area (Å²) in [6.45, 7) is 7.68. The maximum Gasteiger partial charge on any atom is 0.165 e. The van der Waals surface area contributed by atoms with E-state index in [0.29, 0.717) is 11.1 Å². The predicted molar refractivity (Wildman–Crippen MR) is 69.4 cm³/mol. The lowest BCUT2D eigenvalue weighted by Gasteiger charge is -2.08. The van der Waals surface area contributed by atoms with Crippen molar-refractivity contribution in [1.29, 1.82) is 0 Å². The molecule has 0 fully saturated rings. The molecule has 2 heteroatoms. The molecule has 0 saturated carbocycles. The zero-order chi connectivity index (χ0) is 13.0. The maximum atomic E-state index is 11.9. The SMILES string of the molecule is CCC(C)C(=O)c1ccc(C(=O)C(C)C)cc1. The fourth-order valence-electron chi connectivity index (χ4n) is 1.60. The quantitative estimate of drug-likeness (QED) is 0.724. The molecule has 0 N–H and O–H groups in total. The van der Waals surface area contributed by atoms with Gasteiger partial charge in [-0.25, -0.2) is 0 Å². The van der Waals surface area contributed by atoms with Gasteiger partial charge in [-0.15, -0.1) is 0 Å². The van der Waals surface area contributed by atoms with Gasteiger partial charge < -0.3 is 0 Å². The number of benzene rings is 1. The Hall–Kier alpha value is -1.44. The van der Waals surface area contributed by atoms with Crippen LogP contribution in [0, 0.1) is 11.8 Å². The fourth-order valence-corrected chi connectivity index (χ4v) is 1.60. The molecule has 0 aliphatic rings. The molecule has 1 aromatic rings. The Bertz CT molecular complexity index is 401. The first kappa shape index (κ1) is 13.6. The number of rotatable bonds is 5. The van der Waals surface area contributed by atoms with E-state index in [4.69, 9.17) is 0 Å². The van der Waals surface area contributed by atoms with Gasteiger partial charge in [0.15, 0.2) is 11.6 Å². The average Bonchev–Trinajstić information content (AvgIpc) is 2.36. The summed E-state index contributed by atoms with van der Waals surface area (Å²) in [6, 6.07) is 7.00. The van der Waals surface area contributed by atoms with Gasteiger partial charge in [-0.2, -0.15) is 0 Å². The molecule has 17 heavy (non-hydrogen) atoms. The topological polar surface area (TPSA) is 34.1 Å². The molecular formula is C15H20O2. The Balaban J connectivity index is 2.89. The van der Waals surface area contributed by atoms with Crippen LogP contribution in [0.4, 0.5) is 0 Å². The molecule has 0 bridgehead atoms. The first-order chi connectivity index (χ1) is 7.97. The van der Waals surface area contributed by atoms with Crippen LogP contribution < -0.4 is 0 Å². The number of hydrogen-bond donors (Lipinski definition) is 0. The van der Waals surface area contributed by atoms with E-state index >= 15 is 0 Å². The summed E-state index contributed by atoms with van der Waals surface area (Å²) < 4.78 is 0. The van der Waals surface area contributed by atoms with Crippen molar-refractivity contribution in [3.05, 3.63) is 35.4 Å². The van der Waals surface area contributed by atoms with Gasteiger partial charge >= 0.3 is 0 Å². The average molecular weight is 232 g/mol. The van der Waals surface area contributed by atoms with Crippen LogP contribution in [0.1, 0.15) is 54.8 Å². The van der Waals surface area contributed by atoms with Gasteiger partial charge in [-0.05, 0) is 6.42 Å². The molecule has 1 rings (SSSR count). The first-order valence-corrected chi connectivity index (χ1v) is 6.15. The third kappa shape index (κ3) is 3.26. The van der Waals surface area contributed by atoms with Crippen LogP contribution in [-0.4, -0.2) is 11.6 Å². The van der Waals surface area contributed by atoms with E-state index in [0.717, 1.165) is 6.42 Å². The summed E-state index contributed by atoms with van der Waals surface area (Å²) >= 11 is 0. The third-order valence-electron chi connectivity index (χ3n) is 3.04. The third-order valence-corrected chi connectivity index (χ3v) is 3.04. The van der Waals surface area contributed by atoms with Gasteiger partial charge in [0.1, 0.15) is 0 Å². The Labute approximate surface area is 103 Å². The summed E-state index contributed by atoms with van der Waals surface area (Å²) in [6.07, 6.45) is 0.839. The summed E-state index contributed by atoms with van der Waals surface area (Å²) in [7, 11) is 0. The van der Waals surface area contributed by atoms with Gasteiger partial charge in [-0.1, -0.05) is 52.0 Å². The van der Waals surface area contributed by atoms with Crippen molar-refractivity contribution in [1.82, 2.24) is 0 Å². The van der Waals surface area contributed by atoms with Crippen LogP contribution >= 0.6 is 0 Å². The molecule has 0 amide bonds. The van der Waals surface area contributed by atoms with E-state index in [-0.39, 0.29) is 23.4 Å². The van der Waals surface area contributed by atoms with Crippen LogP contribution in [0.25, 0.3) is 0 Å². The second kappa shape index (κ2) is 5.76. The van der Waals surface area contributed by atoms with Gasteiger partial charge in [-0.3, -0.25) is 9.59 Å². The number of hydrogen-bond acceptors (Lipinski definition) is 2. The van der Waals surface area contributed by atoms with Gasteiger partial charge in [0.2, 0.25) is 0 Å². The molecule has 0 aromatic heterocycles. The Kier molecular flexibility index (Phi) is 4.62. The highest BCUT2D eigenvalue weighted by atomic mass is 16.1. The molecule has 0 aliphatic carbocycles. The molecule has 92 valence electrons. The van der Waals surface area contributed by atoms with Crippen LogP contribution in [0.15, 0.2) is 24.3 Å². The highest BCUT2D eigenvalue weighted by molar-refractivity contribution is 6.00. The smallest absolute Gasteiger partial charge is 0.165 e. The lowest BCUT2D eigenvalue weighted by molar-refractivity contribution is 0.0920. The summed E-state index contributed by atoms with van der Waals surface area (Å²) in [5.74, 6) is 0.302. The Morgan fingerprint density at radius 3 is 1.71 bits per heavy atom. The van der Waals surface area contributed by atoms with Crippen LogP contribution in [0.2, 0.25) is 0 Å². The van der Waals surface area contributed by atoms with E-state index in [1.165, 1.54) is 0 Å². The molecule has 2 nitrogen and oxygen atoms in total. The van der Waals surface area contributed by atoms with Crippen molar-refractivity contribution < 1.29 is 9.59 Å². The molecule has 1 aromatic carbocycles. The van der Waals surface area contributed by atoms with E-state index in [1.807, 2.05) is 27.7 Å². The first-order valence-electron chi connectivity index (χ1n) is 6.15. The second-order valence-electron chi connectivity index (χ2n) is 4.77. The lowest BCUT2D eigenvalue weighted by Crippen LogP contribution is -2.11. The number of carbonyl (C=O) groups is 2. The lowest BCUT2D eigenvalue weighted by atomic mass is 9.94. The van der Waals surface area contributed by atoms with Crippen molar-refractivity contribution in [2.75, 3.05) is 0 Å². The minimum Gasteiger partial charge on any atom is -0.294 e. The van der Waals surface area contributed by atoms with E-state index in [9.17, 15) is 9.59 Å². The zero-order valence-electron chi connectivity index (χ0n) is 11.0. The van der Waals surface area contributed by atoms with E-state index < -0.39 is 0 Å². The van der Waals surface area contributed by atoms with Gasteiger partial charge in [0.25, 0.3) is 0 Å². The molecule has 0 spiro atoms. The minimum absolute atomic E-state index is 0.00823. The van der Waals surface area contributed by atoms with Crippen LogP contribution in [0.3, 0.4) is 0 Å². The fraction of sp³-hybridized carbons (Fsp3) is 0.467. The zero-order valence-corrected chi connectivity index (χ0v) is 11.0. The van der Waals surface area contributed by atoms with Crippen molar-refractivity contribution in [2.24, 2.45) is 11.8 Å².